The van der Waals surface area contributed by atoms with E-state index in [-0.39, 0.29) is 6.42 Å². The zero-order valence-electron chi connectivity index (χ0n) is 8.27. The Morgan fingerprint density at radius 1 is 1.57 bits per heavy atom. The first-order chi connectivity index (χ1) is 6.58. The molecule has 1 aliphatic rings. The predicted molar refractivity (Wildman–Crippen MR) is 50.6 cm³/mol. The highest BCUT2D eigenvalue weighted by Gasteiger charge is 2.36. The van der Waals surface area contributed by atoms with Crippen LogP contribution in [0.1, 0.15) is 25.7 Å². The van der Waals surface area contributed by atoms with Gasteiger partial charge in [-0.05, 0) is 25.7 Å². The standard InChI is InChI=1S/C10H16O4/c1-14-9(12)10(13)6-3-2-4-8(11)5-7-10/h2,4,8,11,13H,3,5-7H2,1H3/b4-2+/t8-,10-/m1/s1. The van der Waals surface area contributed by atoms with Crippen LogP contribution in [-0.2, 0) is 9.53 Å². The van der Waals surface area contributed by atoms with E-state index in [1.54, 1.807) is 12.2 Å². The molecule has 0 amide bonds. The summed E-state index contributed by atoms with van der Waals surface area (Å²) in [6.07, 6.45) is 4.43. The lowest BCUT2D eigenvalue weighted by Gasteiger charge is -2.26. The molecule has 4 heteroatoms. The van der Waals surface area contributed by atoms with E-state index < -0.39 is 17.7 Å². The van der Waals surface area contributed by atoms with Gasteiger partial charge in [-0.25, -0.2) is 4.79 Å². The number of aliphatic hydroxyl groups is 2. The van der Waals surface area contributed by atoms with Gasteiger partial charge in [-0.1, -0.05) is 12.2 Å². The molecule has 0 spiro atoms. The van der Waals surface area contributed by atoms with Gasteiger partial charge in [0.05, 0.1) is 13.2 Å². The number of rotatable bonds is 1. The number of carbonyl (C=O) groups is 1. The smallest absolute Gasteiger partial charge is 0.337 e. The summed E-state index contributed by atoms with van der Waals surface area (Å²) in [5.41, 5.74) is -1.43. The monoisotopic (exact) mass is 200 g/mol. The van der Waals surface area contributed by atoms with Crippen molar-refractivity contribution in [3.05, 3.63) is 12.2 Å². The maximum Gasteiger partial charge on any atom is 0.337 e. The van der Waals surface area contributed by atoms with Crippen LogP contribution in [0.25, 0.3) is 0 Å². The maximum absolute atomic E-state index is 11.3. The Bertz CT molecular complexity index is 236. The van der Waals surface area contributed by atoms with Crippen LogP contribution in [0.3, 0.4) is 0 Å². The molecule has 0 saturated heterocycles. The Balaban J connectivity index is 2.69. The van der Waals surface area contributed by atoms with Crippen molar-refractivity contribution in [1.82, 2.24) is 0 Å². The van der Waals surface area contributed by atoms with Gasteiger partial charge < -0.3 is 14.9 Å². The fourth-order valence-electron chi connectivity index (χ4n) is 1.58. The minimum absolute atomic E-state index is 0.241. The van der Waals surface area contributed by atoms with Crippen LogP contribution in [0.15, 0.2) is 12.2 Å². The second-order valence-electron chi connectivity index (χ2n) is 3.60. The van der Waals surface area contributed by atoms with Crippen LogP contribution in [0.5, 0.6) is 0 Å². The van der Waals surface area contributed by atoms with Gasteiger partial charge in [0, 0.05) is 0 Å². The second kappa shape index (κ2) is 4.57. The van der Waals surface area contributed by atoms with Crippen LogP contribution in [-0.4, -0.2) is 35.0 Å². The third-order valence-electron chi connectivity index (χ3n) is 2.50. The number of methoxy groups -OCH3 is 1. The summed E-state index contributed by atoms with van der Waals surface area (Å²) >= 11 is 0. The molecule has 0 fully saturated rings. The Hall–Kier alpha value is -0.870. The summed E-state index contributed by atoms with van der Waals surface area (Å²) in [6, 6.07) is 0. The summed E-state index contributed by atoms with van der Waals surface area (Å²) < 4.78 is 4.53. The maximum atomic E-state index is 11.3. The zero-order valence-corrected chi connectivity index (χ0v) is 8.27. The molecule has 80 valence electrons. The minimum atomic E-state index is -1.43. The Morgan fingerprint density at radius 3 is 2.93 bits per heavy atom. The van der Waals surface area contributed by atoms with Crippen molar-refractivity contribution in [3.8, 4) is 0 Å². The first kappa shape index (κ1) is 11.2. The molecule has 14 heavy (non-hydrogen) atoms. The molecular weight excluding hydrogens is 184 g/mol. The number of allylic oxidation sites excluding steroid dienone is 1. The van der Waals surface area contributed by atoms with E-state index in [1.807, 2.05) is 0 Å². The summed E-state index contributed by atoms with van der Waals surface area (Å²) in [5.74, 6) is -0.611. The lowest BCUT2D eigenvalue weighted by Crippen LogP contribution is -2.40. The van der Waals surface area contributed by atoms with Crippen LogP contribution in [0, 0.1) is 0 Å². The molecule has 0 aromatic rings. The third-order valence-corrected chi connectivity index (χ3v) is 2.50. The highest BCUT2D eigenvalue weighted by molar-refractivity contribution is 5.79. The fraction of sp³-hybridized carbons (Fsp3) is 0.700. The van der Waals surface area contributed by atoms with Crippen LogP contribution in [0.2, 0.25) is 0 Å². The van der Waals surface area contributed by atoms with Crippen molar-refractivity contribution in [2.24, 2.45) is 0 Å². The molecule has 0 aliphatic heterocycles. The molecule has 0 saturated carbocycles. The molecule has 2 N–H and O–H groups in total. The van der Waals surface area contributed by atoms with Crippen molar-refractivity contribution in [1.29, 1.82) is 0 Å². The molecule has 0 aromatic heterocycles. The topological polar surface area (TPSA) is 66.8 Å². The predicted octanol–water partition coefficient (Wildman–Crippen LogP) is 0.382. The minimum Gasteiger partial charge on any atom is -0.467 e. The van der Waals surface area contributed by atoms with Crippen LogP contribution < -0.4 is 0 Å². The van der Waals surface area contributed by atoms with Gasteiger partial charge in [-0.3, -0.25) is 0 Å². The normalized spacial score (nSPS) is 35.5. The number of aliphatic hydroxyl groups excluding tert-OH is 1. The van der Waals surface area contributed by atoms with E-state index in [1.165, 1.54) is 7.11 Å². The first-order valence-electron chi connectivity index (χ1n) is 4.74. The number of hydrogen-bond acceptors (Lipinski definition) is 4. The molecule has 0 unspecified atom stereocenters. The Labute approximate surface area is 83.2 Å². The van der Waals surface area contributed by atoms with Crippen molar-refractivity contribution in [2.75, 3.05) is 7.11 Å². The molecule has 0 radical (unpaired) electrons. The lowest BCUT2D eigenvalue weighted by molar-refractivity contribution is -0.164. The zero-order chi connectivity index (χ0) is 10.6. The number of carbonyl (C=O) groups excluding carboxylic acids is 1. The highest BCUT2D eigenvalue weighted by Crippen LogP contribution is 2.24. The van der Waals surface area contributed by atoms with Gasteiger partial charge in [0.25, 0.3) is 0 Å². The van der Waals surface area contributed by atoms with Crippen molar-refractivity contribution in [3.63, 3.8) is 0 Å². The lowest BCUT2D eigenvalue weighted by atomic mass is 9.89. The molecule has 2 atom stereocenters. The van der Waals surface area contributed by atoms with Crippen LogP contribution in [0.4, 0.5) is 0 Å². The fourth-order valence-corrected chi connectivity index (χ4v) is 1.58. The van der Waals surface area contributed by atoms with Gasteiger partial charge in [0.15, 0.2) is 5.60 Å². The van der Waals surface area contributed by atoms with Gasteiger partial charge in [-0.2, -0.15) is 0 Å². The summed E-state index contributed by atoms with van der Waals surface area (Å²) in [5, 5.41) is 19.3. The Kier molecular flexibility index (Phi) is 3.66. The molecule has 0 heterocycles. The van der Waals surface area contributed by atoms with E-state index in [2.05, 4.69) is 4.74 Å². The number of esters is 1. The number of hydrogen-bond donors (Lipinski definition) is 2. The first-order valence-corrected chi connectivity index (χ1v) is 4.74. The molecule has 4 nitrogen and oxygen atoms in total. The van der Waals surface area contributed by atoms with E-state index in [9.17, 15) is 15.0 Å². The van der Waals surface area contributed by atoms with Gasteiger partial charge in [0.2, 0.25) is 0 Å². The molecule has 0 bridgehead atoms. The second-order valence-corrected chi connectivity index (χ2v) is 3.60. The van der Waals surface area contributed by atoms with Crippen molar-refractivity contribution in [2.45, 2.75) is 37.4 Å². The average Bonchev–Trinajstić information content (AvgIpc) is 2.18. The Morgan fingerprint density at radius 2 is 2.29 bits per heavy atom. The largest absolute Gasteiger partial charge is 0.467 e. The third kappa shape index (κ3) is 2.56. The van der Waals surface area contributed by atoms with Gasteiger partial charge in [-0.15, -0.1) is 0 Å². The quantitative estimate of drug-likeness (QED) is 0.474. The average molecular weight is 200 g/mol. The highest BCUT2D eigenvalue weighted by atomic mass is 16.5. The van der Waals surface area contributed by atoms with E-state index in [0.717, 1.165) is 0 Å². The summed E-state index contributed by atoms with van der Waals surface area (Å²) in [6.45, 7) is 0. The number of ether oxygens (including phenoxy) is 1. The molecule has 1 aliphatic carbocycles. The van der Waals surface area contributed by atoms with E-state index in [4.69, 9.17) is 0 Å². The molecule has 1 rings (SSSR count). The van der Waals surface area contributed by atoms with Crippen LogP contribution >= 0.6 is 0 Å². The van der Waals surface area contributed by atoms with Crippen molar-refractivity contribution < 1.29 is 19.7 Å². The molecule has 0 aromatic carbocycles. The van der Waals surface area contributed by atoms with Crippen molar-refractivity contribution >= 4 is 5.97 Å². The van der Waals surface area contributed by atoms with Gasteiger partial charge >= 0.3 is 5.97 Å². The summed E-state index contributed by atoms with van der Waals surface area (Å²) in [4.78, 5) is 11.3. The summed E-state index contributed by atoms with van der Waals surface area (Å²) in [7, 11) is 1.26. The SMILES string of the molecule is COC(=O)[C@@]1(O)CC/C=C/[C@@H](O)CC1. The van der Waals surface area contributed by atoms with E-state index in [0.29, 0.717) is 19.3 Å². The van der Waals surface area contributed by atoms with E-state index >= 15 is 0 Å². The van der Waals surface area contributed by atoms with Gasteiger partial charge in [0.1, 0.15) is 0 Å². The molecular formula is C10H16O4.